The lowest BCUT2D eigenvalue weighted by Crippen LogP contribution is -2.01. The Morgan fingerprint density at radius 3 is 1.62 bits per heavy atom. The average Bonchev–Trinajstić information content (AvgIpc) is 3.26. The summed E-state index contributed by atoms with van der Waals surface area (Å²) < 4.78 is 13.8. The Bertz CT molecular complexity index is 839. The van der Waals surface area contributed by atoms with Gasteiger partial charge in [0.05, 0.1) is 20.4 Å². The minimum Gasteiger partial charge on any atom is -0.469 e. The van der Waals surface area contributed by atoms with Crippen molar-refractivity contribution in [2.75, 3.05) is 24.7 Å². The van der Waals surface area contributed by atoms with E-state index in [1.807, 2.05) is 36.4 Å². The van der Waals surface area contributed by atoms with Gasteiger partial charge in [-0.05, 0) is 24.3 Å². The highest BCUT2D eigenvalue weighted by Crippen LogP contribution is 2.29. The zero-order chi connectivity index (χ0) is 17.6. The van der Waals surface area contributed by atoms with Gasteiger partial charge in [0.1, 0.15) is 13.2 Å². The molecule has 4 rings (SSSR count). The molecule has 2 aromatic carbocycles. The predicted octanol–water partition coefficient (Wildman–Crippen LogP) is 5.75. The Morgan fingerprint density at radius 2 is 1.15 bits per heavy atom. The van der Waals surface area contributed by atoms with Gasteiger partial charge in [0.15, 0.2) is 0 Å². The molecular formula is C18H16N2O2S4. The van der Waals surface area contributed by atoms with Crippen LogP contribution in [-0.2, 0) is 0 Å². The number of aromatic nitrogens is 2. The van der Waals surface area contributed by atoms with Crippen LogP contribution in [0.15, 0.2) is 48.5 Å². The summed E-state index contributed by atoms with van der Waals surface area (Å²) in [5, 5.41) is 1.49. The van der Waals surface area contributed by atoms with Crippen LogP contribution in [0.5, 0.6) is 10.4 Å². The van der Waals surface area contributed by atoms with Crippen LogP contribution in [-0.4, -0.2) is 34.7 Å². The van der Waals surface area contributed by atoms with Crippen LogP contribution in [0.1, 0.15) is 0 Å². The van der Waals surface area contributed by atoms with Gasteiger partial charge in [-0.2, -0.15) is 0 Å². The molecule has 0 N–H and O–H groups in total. The van der Waals surface area contributed by atoms with Crippen molar-refractivity contribution in [3.05, 3.63) is 48.5 Å². The summed E-state index contributed by atoms with van der Waals surface area (Å²) in [4.78, 5) is 8.93. The lowest BCUT2D eigenvalue weighted by Gasteiger charge is -2.03. The fourth-order valence-corrected chi connectivity index (χ4v) is 5.60. The van der Waals surface area contributed by atoms with E-state index < -0.39 is 0 Å². The second-order valence-electron chi connectivity index (χ2n) is 5.24. The largest absolute Gasteiger partial charge is 0.469 e. The first-order valence-electron chi connectivity index (χ1n) is 8.10. The number of benzene rings is 2. The van der Waals surface area contributed by atoms with E-state index in [-0.39, 0.29) is 0 Å². The zero-order valence-electron chi connectivity index (χ0n) is 13.8. The summed E-state index contributed by atoms with van der Waals surface area (Å²) in [7, 11) is 3.58. The first-order valence-corrected chi connectivity index (χ1v) is 12.2. The maximum absolute atomic E-state index is 5.73. The number of para-hydroxylation sites is 2. The highest BCUT2D eigenvalue weighted by Gasteiger charge is 2.05. The maximum Gasteiger partial charge on any atom is 0.274 e. The van der Waals surface area contributed by atoms with E-state index in [4.69, 9.17) is 9.47 Å². The molecule has 0 aliphatic heterocycles. The van der Waals surface area contributed by atoms with Gasteiger partial charge in [-0.1, -0.05) is 68.5 Å². The van der Waals surface area contributed by atoms with E-state index in [0.29, 0.717) is 13.2 Å². The number of nitrogens with zero attached hydrogens (tertiary/aromatic N) is 2. The summed E-state index contributed by atoms with van der Waals surface area (Å²) in [6.45, 7) is 1.33. The Labute approximate surface area is 167 Å². The van der Waals surface area contributed by atoms with Gasteiger partial charge in [-0.25, -0.2) is 9.97 Å². The molecule has 0 bridgehead atoms. The van der Waals surface area contributed by atoms with Crippen molar-refractivity contribution in [1.82, 2.24) is 9.97 Å². The topological polar surface area (TPSA) is 44.2 Å². The Morgan fingerprint density at radius 1 is 0.692 bits per heavy atom. The van der Waals surface area contributed by atoms with E-state index in [1.54, 1.807) is 44.3 Å². The van der Waals surface area contributed by atoms with E-state index in [0.717, 1.165) is 42.3 Å². The molecule has 4 aromatic rings. The van der Waals surface area contributed by atoms with Gasteiger partial charge in [0.25, 0.3) is 10.4 Å². The number of fused-ring (bicyclic) bond motifs is 2. The summed E-state index contributed by atoms with van der Waals surface area (Å²) >= 11 is 3.19. The van der Waals surface area contributed by atoms with E-state index in [2.05, 4.69) is 22.1 Å². The van der Waals surface area contributed by atoms with Crippen LogP contribution in [0, 0.1) is 0 Å². The Hall–Kier alpha value is -1.48. The molecule has 0 radical (unpaired) electrons. The zero-order valence-corrected chi connectivity index (χ0v) is 17.1. The monoisotopic (exact) mass is 420 g/mol. The third-order valence-electron chi connectivity index (χ3n) is 3.42. The number of thiazole rings is 2. The van der Waals surface area contributed by atoms with Gasteiger partial charge in [0, 0.05) is 11.5 Å². The van der Waals surface area contributed by atoms with Gasteiger partial charge >= 0.3 is 0 Å². The van der Waals surface area contributed by atoms with Crippen molar-refractivity contribution in [2.24, 2.45) is 0 Å². The van der Waals surface area contributed by atoms with Crippen molar-refractivity contribution < 1.29 is 9.47 Å². The van der Waals surface area contributed by atoms with Crippen LogP contribution < -0.4 is 9.47 Å². The van der Waals surface area contributed by atoms with Crippen molar-refractivity contribution in [3.63, 3.8) is 0 Å². The van der Waals surface area contributed by atoms with E-state index in [9.17, 15) is 0 Å². The van der Waals surface area contributed by atoms with Crippen LogP contribution in [0.3, 0.4) is 0 Å². The summed E-state index contributed by atoms with van der Waals surface area (Å²) in [6.07, 6.45) is 0. The molecule has 134 valence electrons. The molecule has 0 atom stereocenters. The standard InChI is InChI=1S/C18H16N2O2S4/c1-3-7-15-13(5-1)19-17(25-15)21-9-11-23-24-12-10-22-18-20-14-6-2-4-8-16(14)26-18/h1-8H,9-12H2. The molecule has 26 heavy (non-hydrogen) atoms. The minimum absolute atomic E-state index is 0.663. The first kappa shape index (κ1) is 17.9. The van der Waals surface area contributed by atoms with Crippen molar-refractivity contribution in [2.45, 2.75) is 0 Å². The van der Waals surface area contributed by atoms with E-state index in [1.165, 1.54) is 0 Å². The molecule has 2 aromatic heterocycles. The average molecular weight is 421 g/mol. The third kappa shape index (κ3) is 4.62. The smallest absolute Gasteiger partial charge is 0.274 e. The Kier molecular flexibility index (Phi) is 6.16. The van der Waals surface area contributed by atoms with Crippen LogP contribution in [0.25, 0.3) is 20.4 Å². The van der Waals surface area contributed by atoms with Gasteiger partial charge in [-0.3, -0.25) is 0 Å². The second-order valence-corrected chi connectivity index (χ2v) is 9.92. The molecule has 4 nitrogen and oxygen atoms in total. The molecule has 0 aliphatic carbocycles. The third-order valence-corrected chi connectivity index (χ3v) is 7.65. The summed E-state index contributed by atoms with van der Waals surface area (Å²) in [5.74, 6) is 1.84. The summed E-state index contributed by atoms with van der Waals surface area (Å²) in [5.41, 5.74) is 2.00. The SMILES string of the molecule is c1ccc2sc(OCCSSCCOc3nc4ccccc4s3)nc2c1. The first-order chi connectivity index (χ1) is 12.9. The lowest BCUT2D eigenvalue weighted by molar-refractivity contribution is 0.342. The molecule has 0 saturated carbocycles. The molecule has 0 unspecified atom stereocenters. The maximum atomic E-state index is 5.73. The molecular weight excluding hydrogens is 404 g/mol. The molecule has 0 spiro atoms. The van der Waals surface area contributed by atoms with Crippen molar-refractivity contribution >= 4 is 64.7 Å². The highest BCUT2D eigenvalue weighted by atomic mass is 33.1. The fourth-order valence-electron chi connectivity index (χ4n) is 2.27. The summed E-state index contributed by atoms with van der Waals surface area (Å²) in [6, 6.07) is 16.2. The van der Waals surface area contributed by atoms with Crippen LogP contribution >= 0.6 is 44.3 Å². The van der Waals surface area contributed by atoms with Crippen LogP contribution in [0.4, 0.5) is 0 Å². The lowest BCUT2D eigenvalue weighted by atomic mass is 10.3. The Balaban J connectivity index is 1.10. The van der Waals surface area contributed by atoms with Crippen molar-refractivity contribution in [3.8, 4) is 10.4 Å². The number of hydrogen-bond donors (Lipinski definition) is 0. The molecule has 8 heteroatoms. The normalized spacial score (nSPS) is 11.2. The predicted molar refractivity (Wildman–Crippen MR) is 115 cm³/mol. The molecule has 0 fully saturated rings. The number of hydrogen-bond acceptors (Lipinski definition) is 8. The van der Waals surface area contributed by atoms with E-state index >= 15 is 0 Å². The minimum atomic E-state index is 0.663. The second kappa shape index (κ2) is 8.94. The van der Waals surface area contributed by atoms with Gasteiger partial charge < -0.3 is 9.47 Å². The fraction of sp³-hybridized carbons (Fsp3) is 0.222. The van der Waals surface area contributed by atoms with Gasteiger partial charge in [-0.15, -0.1) is 0 Å². The number of rotatable bonds is 9. The molecule has 2 heterocycles. The molecule has 0 saturated heterocycles. The molecule has 0 aliphatic rings. The highest BCUT2D eigenvalue weighted by molar-refractivity contribution is 8.76. The molecule has 0 amide bonds. The van der Waals surface area contributed by atoms with Gasteiger partial charge in [0.2, 0.25) is 0 Å². The quantitative estimate of drug-likeness (QED) is 0.254. The van der Waals surface area contributed by atoms with Crippen molar-refractivity contribution in [1.29, 1.82) is 0 Å². The van der Waals surface area contributed by atoms with Crippen LogP contribution in [0.2, 0.25) is 0 Å². The number of ether oxygens (including phenoxy) is 2.